The second kappa shape index (κ2) is 5.04. The van der Waals surface area contributed by atoms with Crippen molar-refractivity contribution in [1.82, 2.24) is 19.6 Å². The number of nitrogens with zero attached hydrogens (tertiary/aromatic N) is 5. The number of halogens is 1. The predicted octanol–water partition coefficient (Wildman–Crippen LogP) is 2.07. The third kappa shape index (κ3) is 2.18. The van der Waals surface area contributed by atoms with Gasteiger partial charge in [-0.1, -0.05) is 17.7 Å². The lowest BCUT2D eigenvalue weighted by molar-refractivity contribution is 0.653. The maximum absolute atomic E-state index is 12.5. The Bertz CT molecular complexity index is 935. The van der Waals surface area contributed by atoms with Gasteiger partial charge in [0.25, 0.3) is 5.56 Å². The summed E-state index contributed by atoms with van der Waals surface area (Å²) in [4.78, 5) is 12.5. The van der Waals surface area contributed by atoms with Crippen molar-refractivity contribution >= 4 is 22.5 Å². The molecule has 104 valence electrons. The number of benzene rings is 1. The van der Waals surface area contributed by atoms with Gasteiger partial charge in [-0.2, -0.15) is 15.5 Å². The van der Waals surface area contributed by atoms with E-state index in [1.165, 1.54) is 4.68 Å². The lowest BCUT2D eigenvalue weighted by Gasteiger charge is -2.06. The molecule has 0 aliphatic heterocycles. The van der Waals surface area contributed by atoms with Crippen LogP contribution < -0.4 is 5.56 Å². The quantitative estimate of drug-likeness (QED) is 0.726. The number of aromatic nitrogens is 4. The molecule has 0 atom stereocenters. The van der Waals surface area contributed by atoms with Crippen LogP contribution in [0.5, 0.6) is 0 Å². The fourth-order valence-corrected chi connectivity index (χ4v) is 2.38. The summed E-state index contributed by atoms with van der Waals surface area (Å²) < 4.78 is 2.66. The monoisotopic (exact) mass is 299 g/mol. The summed E-state index contributed by atoms with van der Waals surface area (Å²) in [7, 11) is 0. The standard InChI is InChI=1S/C14H10ClN5O/c1-9-12-8-17-20(11-4-2-3-10(15)7-11)13(12)14(21)19(18-9)6-5-16/h2-4,7-8H,6H2,1H3. The summed E-state index contributed by atoms with van der Waals surface area (Å²) in [6.07, 6.45) is 1.59. The number of fused-ring (bicyclic) bond motifs is 1. The van der Waals surface area contributed by atoms with Crippen molar-refractivity contribution in [3.63, 3.8) is 0 Å². The average Bonchev–Trinajstić information content (AvgIpc) is 2.90. The molecule has 3 rings (SSSR count). The summed E-state index contributed by atoms with van der Waals surface area (Å²) in [5.41, 5.74) is 1.37. The molecule has 21 heavy (non-hydrogen) atoms. The smallest absolute Gasteiger partial charge is 0.265 e. The highest BCUT2D eigenvalue weighted by molar-refractivity contribution is 6.30. The van der Waals surface area contributed by atoms with Gasteiger partial charge in [-0.3, -0.25) is 4.79 Å². The summed E-state index contributed by atoms with van der Waals surface area (Å²) in [6, 6.07) is 8.99. The Balaban J connectivity index is 2.36. The topological polar surface area (TPSA) is 76.5 Å². The zero-order chi connectivity index (χ0) is 15.0. The van der Waals surface area contributed by atoms with Gasteiger partial charge in [-0.05, 0) is 25.1 Å². The van der Waals surface area contributed by atoms with Crippen LogP contribution >= 0.6 is 11.6 Å². The predicted molar refractivity (Wildman–Crippen MR) is 78.5 cm³/mol. The zero-order valence-electron chi connectivity index (χ0n) is 11.1. The molecule has 7 heteroatoms. The average molecular weight is 300 g/mol. The van der Waals surface area contributed by atoms with Crippen LogP contribution in [0.15, 0.2) is 35.3 Å². The van der Waals surface area contributed by atoms with Crippen LogP contribution in [0.25, 0.3) is 16.6 Å². The first-order valence-corrected chi connectivity index (χ1v) is 6.58. The molecule has 2 heterocycles. The molecule has 0 aliphatic rings. The minimum absolute atomic E-state index is 0.101. The molecule has 0 spiro atoms. The summed E-state index contributed by atoms with van der Waals surface area (Å²) in [6.45, 7) is 1.68. The molecule has 0 saturated carbocycles. The molecular weight excluding hydrogens is 290 g/mol. The minimum Gasteiger partial charge on any atom is -0.265 e. The molecule has 0 fully saturated rings. The summed E-state index contributed by atoms with van der Waals surface area (Å²) in [5, 5.41) is 18.4. The molecule has 0 aliphatic carbocycles. The summed E-state index contributed by atoms with van der Waals surface area (Å²) in [5.74, 6) is 0. The highest BCUT2D eigenvalue weighted by atomic mass is 35.5. The molecule has 0 N–H and O–H groups in total. The van der Waals surface area contributed by atoms with E-state index in [2.05, 4.69) is 10.2 Å². The maximum atomic E-state index is 12.5. The van der Waals surface area contributed by atoms with Crippen molar-refractivity contribution in [3.05, 3.63) is 51.5 Å². The van der Waals surface area contributed by atoms with Crippen LogP contribution in [0.4, 0.5) is 0 Å². The van der Waals surface area contributed by atoms with Gasteiger partial charge >= 0.3 is 0 Å². The second-order valence-electron chi connectivity index (χ2n) is 4.50. The Morgan fingerprint density at radius 1 is 1.43 bits per heavy atom. The highest BCUT2D eigenvalue weighted by Gasteiger charge is 2.14. The number of nitriles is 1. The Labute approximate surface area is 124 Å². The maximum Gasteiger partial charge on any atom is 0.294 e. The first-order valence-electron chi connectivity index (χ1n) is 6.20. The van der Waals surface area contributed by atoms with Gasteiger partial charge in [-0.15, -0.1) is 0 Å². The van der Waals surface area contributed by atoms with Crippen LogP contribution in [0.2, 0.25) is 5.02 Å². The van der Waals surface area contributed by atoms with Crippen LogP contribution in [-0.2, 0) is 6.54 Å². The third-order valence-electron chi connectivity index (χ3n) is 3.14. The van der Waals surface area contributed by atoms with E-state index in [-0.39, 0.29) is 12.1 Å². The molecule has 0 bridgehead atoms. The first kappa shape index (κ1) is 13.3. The van der Waals surface area contributed by atoms with Crippen LogP contribution in [0, 0.1) is 18.3 Å². The molecular formula is C14H10ClN5O. The van der Waals surface area contributed by atoms with Crippen molar-refractivity contribution in [3.8, 4) is 11.8 Å². The van der Waals surface area contributed by atoms with Gasteiger partial charge in [0, 0.05) is 10.4 Å². The van der Waals surface area contributed by atoms with Crippen LogP contribution in [0.1, 0.15) is 5.69 Å². The lowest BCUT2D eigenvalue weighted by atomic mass is 10.2. The SMILES string of the molecule is Cc1nn(CC#N)c(=O)c2c1cnn2-c1cccc(Cl)c1. The Morgan fingerprint density at radius 2 is 2.24 bits per heavy atom. The molecule has 1 aromatic carbocycles. The molecule has 0 radical (unpaired) electrons. The molecule has 0 unspecified atom stereocenters. The van der Waals surface area contributed by atoms with Gasteiger partial charge in [0.2, 0.25) is 0 Å². The summed E-state index contributed by atoms with van der Waals surface area (Å²) >= 11 is 5.99. The van der Waals surface area contributed by atoms with Crippen molar-refractivity contribution in [2.24, 2.45) is 0 Å². The van der Waals surface area contributed by atoms with Crippen LogP contribution in [-0.4, -0.2) is 19.6 Å². The van der Waals surface area contributed by atoms with E-state index in [1.54, 1.807) is 31.3 Å². The Kier molecular flexibility index (Phi) is 3.20. The van der Waals surface area contributed by atoms with Gasteiger partial charge < -0.3 is 0 Å². The van der Waals surface area contributed by atoms with Gasteiger partial charge in [0.15, 0.2) is 0 Å². The molecule has 0 saturated heterocycles. The molecule has 0 amide bonds. The first-order chi connectivity index (χ1) is 10.1. The fourth-order valence-electron chi connectivity index (χ4n) is 2.20. The zero-order valence-corrected chi connectivity index (χ0v) is 11.9. The van der Waals surface area contributed by atoms with Crippen molar-refractivity contribution < 1.29 is 0 Å². The van der Waals surface area contributed by atoms with E-state index in [0.717, 1.165) is 4.68 Å². The number of hydrogen-bond donors (Lipinski definition) is 0. The van der Waals surface area contributed by atoms with Gasteiger partial charge in [0.05, 0.1) is 23.6 Å². The van der Waals surface area contributed by atoms with Gasteiger partial charge in [-0.25, -0.2) is 9.36 Å². The minimum atomic E-state index is -0.352. The molecule has 6 nitrogen and oxygen atoms in total. The van der Waals surface area contributed by atoms with E-state index in [1.807, 2.05) is 12.1 Å². The van der Waals surface area contributed by atoms with E-state index >= 15 is 0 Å². The normalized spacial score (nSPS) is 10.7. The van der Waals surface area contributed by atoms with E-state index in [0.29, 0.717) is 27.3 Å². The number of rotatable bonds is 2. The fraction of sp³-hybridized carbons (Fsp3) is 0.143. The van der Waals surface area contributed by atoms with E-state index < -0.39 is 0 Å². The number of aryl methyl sites for hydroxylation is 1. The second-order valence-corrected chi connectivity index (χ2v) is 4.94. The van der Waals surface area contributed by atoms with E-state index in [4.69, 9.17) is 16.9 Å². The van der Waals surface area contributed by atoms with Gasteiger partial charge in [0.1, 0.15) is 12.1 Å². The molecule has 3 aromatic rings. The van der Waals surface area contributed by atoms with Crippen molar-refractivity contribution in [2.45, 2.75) is 13.5 Å². The molecule has 2 aromatic heterocycles. The van der Waals surface area contributed by atoms with Crippen LogP contribution in [0.3, 0.4) is 0 Å². The number of hydrogen-bond acceptors (Lipinski definition) is 4. The van der Waals surface area contributed by atoms with Crippen molar-refractivity contribution in [1.29, 1.82) is 5.26 Å². The highest BCUT2D eigenvalue weighted by Crippen LogP contribution is 2.19. The third-order valence-corrected chi connectivity index (χ3v) is 3.38. The largest absolute Gasteiger partial charge is 0.294 e. The Hall–Kier alpha value is -2.65. The Morgan fingerprint density at radius 3 is 2.95 bits per heavy atom. The van der Waals surface area contributed by atoms with E-state index in [9.17, 15) is 4.79 Å². The lowest BCUT2D eigenvalue weighted by Crippen LogP contribution is -2.25. The van der Waals surface area contributed by atoms with Crippen molar-refractivity contribution in [2.75, 3.05) is 0 Å².